The Labute approximate surface area is 129 Å². The van der Waals surface area contributed by atoms with Crippen molar-refractivity contribution in [2.24, 2.45) is 11.7 Å². The molecular formula is C17H33N3O. The van der Waals surface area contributed by atoms with Crippen molar-refractivity contribution in [3.05, 3.63) is 0 Å². The number of nitrogens with zero attached hydrogens (tertiary/aromatic N) is 1. The van der Waals surface area contributed by atoms with E-state index in [9.17, 15) is 4.79 Å². The predicted molar refractivity (Wildman–Crippen MR) is 87.1 cm³/mol. The first-order chi connectivity index (χ1) is 10.1. The molecule has 0 spiro atoms. The summed E-state index contributed by atoms with van der Waals surface area (Å²) < 4.78 is 0. The van der Waals surface area contributed by atoms with Gasteiger partial charge in [-0.3, -0.25) is 4.79 Å². The van der Waals surface area contributed by atoms with Crippen molar-refractivity contribution in [3.63, 3.8) is 0 Å². The fraction of sp³-hybridized carbons (Fsp3) is 0.941. The summed E-state index contributed by atoms with van der Waals surface area (Å²) in [4.78, 5) is 14.7. The summed E-state index contributed by atoms with van der Waals surface area (Å²) in [6.07, 6.45) is 9.74. The van der Waals surface area contributed by atoms with Crippen LogP contribution in [0.25, 0.3) is 0 Å². The molecule has 2 aliphatic carbocycles. The molecule has 0 radical (unpaired) electrons. The zero-order valence-electron chi connectivity index (χ0n) is 13.9. The molecular weight excluding hydrogens is 262 g/mol. The molecule has 2 unspecified atom stereocenters. The van der Waals surface area contributed by atoms with Gasteiger partial charge >= 0.3 is 0 Å². The number of hydrogen-bond acceptors (Lipinski definition) is 3. The third-order valence-electron chi connectivity index (χ3n) is 5.76. The SMILES string of the molecule is CCNC1(C(N)=O)CCCC1CCN(CC)C1CCCC1. The Morgan fingerprint density at radius 1 is 1.24 bits per heavy atom. The van der Waals surface area contributed by atoms with E-state index in [1.807, 2.05) is 0 Å². The van der Waals surface area contributed by atoms with E-state index in [2.05, 4.69) is 24.1 Å². The second-order valence-corrected chi connectivity index (χ2v) is 6.81. The monoisotopic (exact) mass is 295 g/mol. The third-order valence-corrected chi connectivity index (χ3v) is 5.76. The molecule has 4 nitrogen and oxygen atoms in total. The van der Waals surface area contributed by atoms with Crippen LogP contribution < -0.4 is 11.1 Å². The quantitative estimate of drug-likeness (QED) is 0.722. The number of likely N-dealkylation sites (N-methyl/N-ethyl adjacent to an activating group) is 1. The van der Waals surface area contributed by atoms with E-state index in [1.54, 1.807) is 0 Å². The number of nitrogens with two attached hydrogens (primary N) is 1. The van der Waals surface area contributed by atoms with E-state index >= 15 is 0 Å². The summed E-state index contributed by atoms with van der Waals surface area (Å²) >= 11 is 0. The van der Waals surface area contributed by atoms with Gasteiger partial charge in [-0.1, -0.05) is 33.1 Å². The molecule has 2 atom stereocenters. The van der Waals surface area contributed by atoms with E-state index in [0.29, 0.717) is 5.92 Å². The molecule has 4 heteroatoms. The van der Waals surface area contributed by atoms with Gasteiger partial charge in [0.25, 0.3) is 0 Å². The molecule has 0 aromatic heterocycles. The maximum absolute atomic E-state index is 12.0. The van der Waals surface area contributed by atoms with Gasteiger partial charge in [-0.25, -0.2) is 0 Å². The van der Waals surface area contributed by atoms with Crippen LogP contribution in [0.3, 0.4) is 0 Å². The lowest BCUT2D eigenvalue weighted by molar-refractivity contribution is -0.126. The van der Waals surface area contributed by atoms with Crippen molar-refractivity contribution in [3.8, 4) is 0 Å². The van der Waals surface area contributed by atoms with Crippen LogP contribution in [0.4, 0.5) is 0 Å². The molecule has 21 heavy (non-hydrogen) atoms. The smallest absolute Gasteiger partial charge is 0.238 e. The first-order valence-electron chi connectivity index (χ1n) is 8.93. The van der Waals surface area contributed by atoms with Crippen molar-refractivity contribution < 1.29 is 4.79 Å². The molecule has 2 saturated carbocycles. The van der Waals surface area contributed by atoms with E-state index in [4.69, 9.17) is 5.73 Å². The molecule has 1 amide bonds. The van der Waals surface area contributed by atoms with Crippen molar-refractivity contribution in [1.82, 2.24) is 10.2 Å². The van der Waals surface area contributed by atoms with Gasteiger partial charge in [0, 0.05) is 6.04 Å². The number of carbonyl (C=O) groups excluding carboxylic acids is 1. The molecule has 2 aliphatic rings. The molecule has 0 saturated heterocycles. The third kappa shape index (κ3) is 3.59. The Morgan fingerprint density at radius 2 is 1.95 bits per heavy atom. The van der Waals surface area contributed by atoms with Gasteiger partial charge in [0.2, 0.25) is 5.91 Å². The van der Waals surface area contributed by atoms with Crippen LogP contribution in [0.5, 0.6) is 0 Å². The average molecular weight is 295 g/mol. The summed E-state index contributed by atoms with van der Waals surface area (Å²) in [6.45, 7) is 7.39. The standard InChI is InChI=1S/C17H33N3O/c1-3-19-17(16(18)21)12-7-8-14(17)11-13-20(4-2)15-9-5-6-10-15/h14-15,19H,3-13H2,1-2H3,(H2,18,21). The number of amides is 1. The van der Waals surface area contributed by atoms with Crippen LogP contribution in [0.2, 0.25) is 0 Å². The van der Waals surface area contributed by atoms with Crippen LogP contribution in [0.1, 0.15) is 65.2 Å². The largest absolute Gasteiger partial charge is 0.368 e. The summed E-state index contributed by atoms with van der Waals surface area (Å²) in [6, 6.07) is 0.776. The van der Waals surface area contributed by atoms with Gasteiger partial charge in [-0.2, -0.15) is 0 Å². The Kier molecular flexibility index (Phi) is 6.06. The lowest BCUT2D eigenvalue weighted by Crippen LogP contribution is -2.58. The van der Waals surface area contributed by atoms with Crippen molar-refractivity contribution in [2.45, 2.75) is 76.8 Å². The van der Waals surface area contributed by atoms with Gasteiger partial charge < -0.3 is 16.0 Å². The fourth-order valence-electron chi connectivity index (χ4n) is 4.62. The predicted octanol–water partition coefficient (Wildman–Crippen LogP) is 2.27. The van der Waals surface area contributed by atoms with E-state index in [0.717, 1.165) is 51.4 Å². The maximum Gasteiger partial charge on any atom is 0.238 e. The van der Waals surface area contributed by atoms with Crippen LogP contribution in [-0.4, -0.2) is 42.0 Å². The van der Waals surface area contributed by atoms with Gasteiger partial charge in [-0.15, -0.1) is 0 Å². The van der Waals surface area contributed by atoms with E-state index in [-0.39, 0.29) is 5.91 Å². The zero-order valence-corrected chi connectivity index (χ0v) is 13.9. The normalized spacial score (nSPS) is 30.3. The highest BCUT2D eigenvalue weighted by Crippen LogP contribution is 2.38. The van der Waals surface area contributed by atoms with Crippen molar-refractivity contribution in [2.75, 3.05) is 19.6 Å². The lowest BCUT2D eigenvalue weighted by Gasteiger charge is -2.35. The molecule has 2 rings (SSSR count). The van der Waals surface area contributed by atoms with Crippen LogP contribution in [0, 0.1) is 5.92 Å². The molecule has 2 fully saturated rings. The Hall–Kier alpha value is -0.610. The van der Waals surface area contributed by atoms with Crippen LogP contribution in [0.15, 0.2) is 0 Å². The molecule has 3 N–H and O–H groups in total. The highest BCUT2D eigenvalue weighted by molar-refractivity contribution is 5.85. The topological polar surface area (TPSA) is 58.4 Å². The second kappa shape index (κ2) is 7.59. The summed E-state index contributed by atoms with van der Waals surface area (Å²) in [7, 11) is 0. The Balaban J connectivity index is 1.95. The average Bonchev–Trinajstić information content (AvgIpc) is 3.11. The van der Waals surface area contributed by atoms with Crippen molar-refractivity contribution in [1.29, 1.82) is 0 Å². The summed E-state index contributed by atoms with van der Waals surface area (Å²) in [5, 5.41) is 3.43. The van der Waals surface area contributed by atoms with Crippen molar-refractivity contribution >= 4 is 5.91 Å². The first kappa shape index (κ1) is 16.8. The summed E-state index contributed by atoms with van der Waals surface area (Å²) in [5.74, 6) is 0.265. The van der Waals surface area contributed by atoms with Gasteiger partial charge in [0.05, 0.1) is 0 Å². The Morgan fingerprint density at radius 3 is 2.52 bits per heavy atom. The van der Waals surface area contributed by atoms with E-state index < -0.39 is 5.54 Å². The Bertz CT molecular complexity index is 341. The van der Waals surface area contributed by atoms with Gasteiger partial charge in [-0.05, 0) is 57.7 Å². The number of nitrogens with one attached hydrogen (secondary N) is 1. The second-order valence-electron chi connectivity index (χ2n) is 6.81. The van der Waals surface area contributed by atoms with Gasteiger partial charge in [0.15, 0.2) is 0 Å². The molecule has 0 heterocycles. The molecule has 0 bridgehead atoms. The number of carbonyl (C=O) groups is 1. The molecule has 122 valence electrons. The minimum absolute atomic E-state index is 0.143. The van der Waals surface area contributed by atoms with Gasteiger partial charge in [0.1, 0.15) is 5.54 Å². The van der Waals surface area contributed by atoms with E-state index in [1.165, 1.54) is 25.7 Å². The van der Waals surface area contributed by atoms with Crippen LogP contribution >= 0.6 is 0 Å². The molecule has 0 aromatic rings. The molecule has 0 aromatic carbocycles. The maximum atomic E-state index is 12.0. The lowest BCUT2D eigenvalue weighted by atomic mass is 9.83. The highest BCUT2D eigenvalue weighted by Gasteiger charge is 2.46. The molecule has 0 aliphatic heterocycles. The zero-order chi connectivity index (χ0) is 15.3. The van der Waals surface area contributed by atoms with Crippen LogP contribution in [-0.2, 0) is 4.79 Å². The number of rotatable bonds is 8. The minimum atomic E-state index is -0.441. The number of hydrogen-bond donors (Lipinski definition) is 2. The number of primary amides is 1. The minimum Gasteiger partial charge on any atom is -0.368 e. The highest BCUT2D eigenvalue weighted by atomic mass is 16.1. The fourth-order valence-corrected chi connectivity index (χ4v) is 4.62. The summed E-state index contributed by atoms with van der Waals surface area (Å²) in [5.41, 5.74) is 5.31. The first-order valence-corrected chi connectivity index (χ1v) is 8.93.